The number of halogens is 1. The van der Waals surface area contributed by atoms with Crippen molar-refractivity contribution in [2.45, 2.75) is 33.4 Å². The van der Waals surface area contributed by atoms with E-state index in [1.54, 1.807) is 12.1 Å². The molecule has 0 aliphatic rings. The fraction of sp³-hybridized carbons (Fsp3) is 0.417. The summed E-state index contributed by atoms with van der Waals surface area (Å²) in [4.78, 5) is 11.3. The van der Waals surface area contributed by atoms with E-state index in [1.807, 2.05) is 13.0 Å². The first-order chi connectivity index (χ1) is 6.32. The maximum absolute atomic E-state index is 13.7. The molecule has 0 radical (unpaired) electrons. The molecule has 0 saturated carbocycles. The summed E-state index contributed by atoms with van der Waals surface area (Å²) in [6.07, 6.45) is 0. The first-order valence-corrected chi connectivity index (χ1v) is 4.63. The van der Waals surface area contributed by atoms with E-state index in [-0.39, 0.29) is 5.78 Å². The zero-order valence-electron chi connectivity index (χ0n) is 9.02. The average molecular weight is 194 g/mol. The van der Waals surface area contributed by atoms with Crippen molar-refractivity contribution in [3.05, 3.63) is 34.9 Å². The number of carbonyl (C=O) groups excluding carboxylic acids is 1. The summed E-state index contributed by atoms with van der Waals surface area (Å²) in [6.45, 7) is 6.28. The first-order valence-electron chi connectivity index (χ1n) is 4.63. The second-order valence-electron chi connectivity index (χ2n) is 4.08. The highest BCUT2D eigenvalue weighted by Gasteiger charge is 2.23. The zero-order valence-corrected chi connectivity index (χ0v) is 9.02. The predicted molar refractivity (Wildman–Crippen MR) is 55.3 cm³/mol. The highest BCUT2D eigenvalue weighted by Crippen LogP contribution is 2.28. The normalized spacial score (nSPS) is 11.5. The fourth-order valence-corrected chi connectivity index (χ4v) is 1.47. The van der Waals surface area contributed by atoms with E-state index >= 15 is 0 Å². The monoisotopic (exact) mass is 194 g/mol. The molecular formula is C12H15FO. The van der Waals surface area contributed by atoms with Crippen molar-refractivity contribution in [3.8, 4) is 0 Å². The number of alkyl halides is 1. The predicted octanol–water partition coefficient (Wildman–Crippen LogP) is 3.40. The highest BCUT2D eigenvalue weighted by atomic mass is 19.1. The third-order valence-electron chi connectivity index (χ3n) is 2.19. The average Bonchev–Trinajstić information content (AvgIpc) is 2.01. The van der Waals surface area contributed by atoms with Crippen molar-refractivity contribution >= 4 is 5.78 Å². The molecule has 1 rings (SSSR count). The molecule has 0 fully saturated rings. The summed E-state index contributed by atoms with van der Waals surface area (Å²) in [5, 5.41) is 0. The number of carbonyl (C=O) groups is 1. The van der Waals surface area contributed by atoms with Gasteiger partial charge in [0, 0.05) is 5.56 Å². The van der Waals surface area contributed by atoms with E-state index in [1.165, 1.54) is 20.8 Å². The van der Waals surface area contributed by atoms with E-state index in [9.17, 15) is 9.18 Å². The van der Waals surface area contributed by atoms with Crippen LogP contribution in [0.5, 0.6) is 0 Å². The molecule has 76 valence electrons. The van der Waals surface area contributed by atoms with E-state index in [0.29, 0.717) is 11.1 Å². The van der Waals surface area contributed by atoms with Gasteiger partial charge in [0.15, 0.2) is 5.78 Å². The van der Waals surface area contributed by atoms with Gasteiger partial charge < -0.3 is 0 Å². The molecule has 0 aliphatic heterocycles. The molecule has 14 heavy (non-hydrogen) atoms. The molecular weight excluding hydrogens is 179 g/mol. The Morgan fingerprint density at radius 2 is 1.93 bits per heavy atom. The van der Waals surface area contributed by atoms with E-state index in [0.717, 1.165) is 5.56 Å². The van der Waals surface area contributed by atoms with Gasteiger partial charge in [-0.25, -0.2) is 4.39 Å². The molecule has 0 heterocycles. The molecule has 0 aliphatic carbocycles. The lowest BCUT2D eigenvalue weighted by atomic mass is 9.91. The maximum Gasteiger partial charge on any atom is 0.160 e. The quantitative estimate of drug-likeness (QED) is 0.659. The van der Waals surface area contributed by atoms with Gasteiger partial charge in [0.1, 0.15) is 5.67 Å². The number of ketones is 1. The van der Waals surface area contributed by atoms with Gasteiger partial charge in [0.25, 0.3) is 0 Å². The van der Waals surface area contributed by atoms with Gasteiger partial charge in [-0.15, -0.1) is 0 Å². The first kappa shape index (κ1) is 10.9. The van der Waals surface area contributed by atoms with Gasteiger partial charge in [-0.1, -0.05) is 17.7 Å². The molecule has 0 spiro atoms. The number of aryl methyl sites for hydroxylation is 1. The van der Waals surface area contributed by atoms with Crippen molar-refractivity contribution in [1.29, 1.82) is 0 Å². The van der Waals surface area contributed by atoms with E-state index < -0.39 is 5.67 Å². The van der Waals surface area contributed by atoms with Crippen molar-refractivity contribution < 1.29 is 9.18 Å². The van der Waals surface area contributed by atoms with Crippen LogP contribution in [-0.4, -0.2) is 5.78 Å². The Bertz CT molecular complexity index is 361. The smallest absolute Gasteiger partial charge is 0.160 e. The summed E-state index contributed by atoms with van der Waals surface area (Å²) in [5.41, 5.74) is 0.464. The fourth-order valence-electron chi connectivity index (χ4n) is 1.47. The van der Waals surface area contributed by atoms with Crippen LogP contribution in [0.4, 0.5) is 4.39 Å². The Morgan fingerprint density at radius 3 is 2.36 bits per heavy atom. The molecule has 0 aromatic heterocycles. The van der Waals surface area contributed by atoms with E-state index in [2.05, 4.69) is 0 Å². The summed E-state index contributed by atoms with van der Waals surface area (Å²) < 4.78 is 13.7. The van der Waals surface area contributed by atoms with Gasteiger partial charge >= 0.3 is 0 Å². The number of Topliss-reactive ketones (excluding diaryl/α,β-unsaturated/α-hetero) is 1. The van der Waals surface area contributed by atoms with Crippen LogP contribution in [0.15, 0.2) is 18.2 Å². The van der Waals surface area contributed by atoms with Crippen LogP contribution in [-0.2, 0) is 5.67 Å². The van der Waals surface area contributed by atoms with Gasteiger partial charge in [-0.3, -0.25) is 4.79 Å². The minimum absolute atomic E-state index is 0.0885. The lowest BCUT2D eigenvalue weighted by molar-refractivity contribution is 0.101. The minimum atomic E-state index is -1.46. The second kappa shape index (κ2) is 3.52. The zero-order chi connectivity index (χ0) is 10.9. The number of hydrogen-bond donors (Lipinski definition) is 0. The molecule has 0 atom stereocenters. The van der Waals surface area contributed by atoms with Gasteiger partial charge in [0.2, 0.25) is 0 Å². The lowest BCUT2D eigenvalue weighted by Crippen LogP contribution is -2.14. The van der Waals surface area contributed by atoms with Crippen LogP contribution < -0.4 is 0 Å². The molecule has 0 bridgehead atoms. The minimum Gasteiger partial charge on any atom is -0.294 e. The Labute approximate surface area is 83.9 Å². The van der Waals surface area contributed by atoms with Crippen molar-refractivity contribution in [3.63, 3.8) is 0 Å². The molecule has 1 aromatic carbocycles. The highest BCUT2D eigenvalue weighted by molar-refractivity contribution is 5.96. The number of hydrogen-bond acceptors (Lipinski definition) is 1. The Kier molecular flexibility index (Phi) is 2.74. The molecule has 0 saturated heterocycles. The maximum atomic E-state index is 13.7. The van der Waals surface area contributed by atoms with Crippen LogP contribution in [0.1, 0.15) is 42.3 Å². The lowest BCUT2D eigenvalue weighted by Gasteiger charge is -2.18. The summed E-state index contributed by atoms with van der Waals surface area (Å²) in [6, 6.07) is 5.24. The van der Waals surface area contributed by atoms with Crippen molar-refractivity contribution in [2.75, 3.05) is 0 Å². The van der Waals surface area contributed by atoms with Crippen LogP contribution in [0.25, 0.3) is 0 Å². The van der Waals surface area contributed by atoms with Crippen molar-refractivity contribution in [1.82, 2.24) is 0 Å². The number of benzene rings is 1. The Morgan fingerprint density at radius 1 is 1.36 bits per heavy atom. The third-order valence-corrected chi connectivity index (χ3v) is 2.19. The number of rotatable bonds is 2. The summed E-state index contributed by atoms with van der Waals surface area (Å²) in [5.74, 6) is -0.0885. The van der Waals surface area contributed by atoms with E-state index in [4.69, 9.17) is 0 Å². The molecule has 1 nitrogen and oxygen atoms in total. The Hall–Kier alpha value is -1.18. The van der Waals surface area contributed by atoms with Gasteiger partial charge in [0.05, 0.1) is 0 Å². The SMILES string of the molecule is CC(=O)c1cc(C)ccc1C(C)(C)F. The van der Waals surface area contributed by atoms with Crippen LogP contribution in [0.2, 0.25) is 0 Å². The van der Waals surface area contributed by atoms with Crippen molar-refractivity contribution in [2.24, 2.45) is 0 Å². The molecule has 1 aromatic rings. The Balaban J connectivity index is 3.37. The standard InChI is InChI=1S/C12H15FO/c1-8-5-6-11(12(3,4)13)10(7-8)9(2)14/h5-7H,1-4H3. The second-order valence-corrected chi connectivity index (χ2v) is 4.08. The molecule has 0 amide bonds. The third kappa shape index (κ3) is 2.19. The molecule has 0 unspecified atom stereocenters. The summed E-state index contributed by atoms with van der Waals surface area (Å²) >= 11 is 0. The van der Waals surface area contributed by atoms with Gasteiger partial charge in [-0.2, -0.15) is 0 Å². The van der Waals surface area contributed by atoms with Crippen LogP contribution in [0.3, 0.4) is 0 Å². The largest absolute Gasteiger partial charge is 0.294 e. The summed E-state index contributed by atoms with van der Waals surface area (Å²) in [7, 11) is 0. The van der Waals surface area contributed by atoms with Crippen LogP contribution >= 0.6 is 0 Å². The molecule has 0 N–H and O–H groups in total. The molecule has 2 heteroatoms. The van der Waals surface area contributed by atoms with Gasteiger partial charge in [-0.05, 0) is 39.3 Å². The van der Waals surface area contributed by atoms with Crippen LogP contribution in [0, 0.1) is 6.92 Å². The topological polar surface area (TPSA) is 17.1 Å².